The SMILES string of the molecule is CCCCC/C=C\C/C=C\CCCCCCCCCC(=O)OC[C@H](CO)OC(=O)CCCCCCCCCCCCCCCCCCCCC. The van der Waals surface area contributed by atoms with Crippen LogP contribution in [0.4, 0.5) is 0 Å². The smallest absolute Gasteiger partial charge is 0.306 e. The van der Waals surface area contributed by atoms with Gasteiger partial charge < -0.3 is 14.6 Å². The maximum atomic E-state index is 12.2. The molecule has 0 spiro atoms. The van der Waals surface area contributed by atoms with Crippen LogP contribution in [0.3, 0.4) is 0 Å². The van der Waals surface area contributed by atoms with Crippen molar-refractivity contribution in [3.8, 4) is 0 Å². The Bertz CT molecular complexity index is 761. The lowest BCUT2D eigenvalue weighted by Crippen LogP contribution is -2.28. The summed E-state index contributed by atoms with van der Waals surface area (Å²) in [7, 11) is 0. The van der Waals surface area contributed by atoms with Crippen LogP contribution >= 0.6 is 0 Å². The monoisotopic (exact) mass is 705 g/mol. The topological polar surface area (TPSA) is 72.8 Å². The van der Waals surface area contributed by atoms with Crippen molar-refractivity contribution in [2.45, 2.75) is 238 Å². The Morgan fingerprint density at radius 2 is 0.800 bits per heavy atom. The van der Waals surface area contributed by atoms with Crippen molar-refractivity contribution in [3.05, 3.63) is 24.3 Å². The highest BCUT2D eigenvalue weighted by atomic mass is 16.6. The Kier molecular flexibility index (Phi) is 40.4. The molecule has 0 aromatic rings. The van der Waals surface area contributed by atoms with Gasteiger partial charge in [-0.05, 0) is 44.9 Å². The van der Waals surface area contributed by atoms with Crippen LogP contribution in [-0.4, -0.2) is 36.4 Å². The highest BCUT2D eigenvalue weighted by Crippen LogP contribution is 2.16. The van der Waals surface area contributed by atoms with Crippen molar-refractivity contribution in [2.24, 2.45) is 0 Å². The molecule has 1 atom stereocenters. The molecular weight excluding hydrogens is 620 g/mol. The molecule has 0 saturated carbocycles. The average molecular weight is 705 g/mol. The van der Waals surface area contributed by atoms with Gasteiger partial charge in [0.2, 0.25) is 0 Å². The molecule has 0 amide bonds. The summed E-state index contributed by atoms with van der Waals surface area (Å²) < 4.78 is 10.6. The summed E-state index contributed by atoms with van der Waals surface area (Å²) in [6, 6.07) is 0. The zero-order valence-electron chi connectivity index (χ0n) is 33.4. The van der Waals surface area contributed by atoms with Crippen molar-refractivity contribution in [1.29, 1.82) is 0 Å². The van der Waals surface area contributed by atoms with E-state index < -0.39 is 6.10 Å². The summed E-state index contributed by atoms with van der Waals surface area (Å²) in [5.41, 5.74) is 0. The second kappa shape index (κ2) is 41.8. The van der Waals surface area contributed by atoms with Gasteiger partial charge in [-0.1, -0.05) is 199 Å². The van der Waals surface area contributed by atoms with Crippen LogP contribution in [0, 0.1) is 0 Å². The first-order chi connectivity index (χ1) is 24.6. The number of esters is 2. The number of unbranched alkanes of at least 4 members (excludes halogenated alkanes) is 28. The van der Waals surface area contributed by atoms with Crippen molar-refractivity contribution < 1.29 is 24.2 Å². The zero-order chi connectivity index (χ0) is 36.4. The molecule has 0 bridgehead atoms. The van der Waals surface area contributed by atoms with Crippen LogP contribution in [0.2, 0.25) is 0 Å². The second-order valence-electron chi connectivity index (χ2n) is 14.8. The molecule has 0 aromatic heterocycles. The minimum Gasteiger partial charge on any atom is -0.462 e. The standard InChI is InChI=1S/C45H84O5/c1-3-5-7-9-11-13-15-17-19-21-22-24-26-28-30-32-34-36-38-40-45(48)50-43(41-46)42-49-44(47)39-37-35-33-31-29-27-25-23-20-18-16-14-12-10-8-6-4-2/h12,14,18,20,43,46H,3-11,13,15-17,19,21-42H2,1-2H3/b14-12-,20-18-/t43-/m0/s1. The molecule has 0 aliphatic carbocycles. The molecule has 0 aliphatic heterocycles. The minimum absolute atomic E-state index is 0.0655. The Hall–Kier alpha value is -1.62. The van der Waals surface area contributed by atoms with Crippen molar-refractivity contribution in [3.63, 3.8) is 0 Å². The van der Waals surface area contributed by atoms with E-state index in [9.17, 15) is 14.7 Å². The third-order valence-corrected chi connectivity index (χ3v) is 9.75. The van der Waals surface area contributed by atoms with Crippen molar-refractivity contribution >= 4 is 11.9 Å². The molecule has 50 heavy (non-hydrogen) atoms. The summed E-state index contributed by atoms with van der Waals surface area (Å²) >= 11 is 0. The van der Waals surface area contributed by atoms with Crippen LogP contribution in [0.5, 0.6) is 0 Å². The number of allylic oxidation sites excluding steroid dienone is 4. The fraction of sp³-hybridized carbons (Fsp3) is 0.867. The molecular formula is C45H84O5. The maximum Gasteiger partial charge on any atom is 0.306 e. The van der Waals surface area contributed by atoms with E-state index in [1.54, 1.807) is 0 Å². The maximum absolute atomic E-state index is 12.2. The van der Waals surface area contributed by atoms with E-state index in [0.29, 0.717) is 12.8 Å². The molecule has 0 saturated heterocycles. The fourth-order valence-corrected chi connectivity index (χ4v) is 6.41. The van der Waals surface area contributed by atoms with Gasteiger partial charge >= 0.3 is 11.9 Å². The molecule has 0 heterocycles. The van der Waals surface area contributed by atoms with Gasteiger partial charge in [-0.25, -0.2) is 0 Å². The normalized spacial score (nSPS) is 12.3. The van der Waals surface area contributed by atoms with E-state index in [1.165, 1.54) is 161 Å². The van der Waals surface area contributed by atoms with Gasteiger partial charge in [0.05, 0.1) is 6.61 Å². The molecule has 0 rings (SSSR count). The number of carbonyl (C=O) groups excluding carboxylic acids is 2. The molecule has 1 N–H and O–H groups in total. The number of aliphatic hydroxyl groups is 1. The van der Waals surface area contributed by atoms with Crippen LogP contribution < -0.4 is 0 Å². The lowest BCUT2D eigenvalue weighted by Gasteiger charge is -2.15. The molecule has 5 nitrogen and oxygen atoms in total. The highest BCUT2D eigenvalue weighted by molar-refractivity contribution is 5.70. The first-order valence-corrected chi connectivity index (χ1v) is 21.9. The predicted molar refractivity (Wildman–Crippen MR) is 215 cm³/mol. The first kappa shape index (κ1) is 48.4. The number of carbonyl (C=O) groups is 2. The average Bonchev–Trinajstić information content (AvgIpc) is 3.12. The number of hydrogen-bond acceptors (Lipinski definition) is 5. The third-order valence-electron chi connectivity index (χ3n) is 9.75. The van der Waals surface area contributed by atoms with Gasteiger partial charge in [0.15, 0.2) is 6.10 Å². The lowest BCUT2D eigenvalue weighted by molar-refractivity contribution is -0.161. The molecule has 0 aromatic carbocycles. The molecule has 0 fully saturated rings. The minimum atomic E-state index is -0.770. The van der Waals surface area contributed by atoms with E-state index in [4.69, 9.17) is 9.47 Å². The van der Waals surface area contributed by atoms with Gasteiger partial charge in [0.1, 0.15) is 6.61 Å². The molecule has 5 heteroatoms. The fourth-order valence-electron chi connectivity index (χ4n) is 6.41. The molecule has 0 radical (unpaired) electrons. The van der Waals surface area contributed by atoms with Crippen LogP contribution in [-0.2, 0) is 19.1 Å². The van der Waals surface area contributed by atoms with Crippen LogP contribution in [0.1, 0.15) is 232 Å². The number of ether oxygens (including phenoxy) is 2. The van der Waals surface area contributed by atoms with E-state index in [0.717, 1.165) is 44.9 Å². The summed E-state index contributed by atoms with van der Waals surface area (Å²) in [5.74, 6) is -0.589. The molecule has 0 unspecified atom stereocenters. The molecule has 0 aliphatic rings. The van der Waals surface area contributed by atoms with E-state index >= 15 is 0 Å². The number of hydrogen-bond donors (Lipinski definition) is 1. The van der Waals surface area contributed by atoms with Gasteiger partial charge in [0, 0.05) is 12.8 Å². The van der Waals surface area contributed by atoms with Gasteiger partial charge in [0.25, 0.3) is 0 Å². The Morgan fingerprint density at radius 3 is 1.22 bits per heavy atom. The first-order valence-electron chi connectivity index (χ1n) is 21.9. The third kappa shape index (κ3) is 39.2. The summed E-state index contributed by atoms with van der Waals surface area (Å²) in [6.07, 6.45) is 49.6. The van der Waals surface area contributed by atoms with E-state index in [-0.39, 0.29) is 25.2 Å². The van der Waals surface area contributed by atoms with Crippen molar-refractivity contribution in [2.75, 3.05) is 13.2 Å². The summed E-state index contributed by atoms with van der Waals surface area (Å²) in [5, 5.41) is 9.58. The summed E-state index contributed by atoms with van der Waals surface area (Å²) in [4.78, 5) is 24.3. The predicted octanol–water partition coefficient (Wildman–Crippen LogP) is 13.8. The lowest BCUT2D eigenvalue weighted by atomic mass is 10.0. The quantitative estimate of drug-likeness (QED) is 0.0390. The number of aliphatic hydroxyl groups excluding tert-OH is 1. The molecule has 294 valence electrons. The van der Waals surface area contributed by atoms with Crippen LogP contribution in [0.15, 0.2) is 24.3 Å². The van der Waals surface area contributed by atoms with Gasteiger partial charge in [-0.15, -0.1) is 0 Å². The summed E-state index contributed by atoms with van der Waals surface area (Å²) in [6.45, 7) is 4.13. The largest absolute Gasteiger partial charge is 0.462 e. The van der Waals surface area contributed by atoms with Gasteiger partial charge in [-0.3, -0.25) is 9.59 Å². The highest BCUT2D eigenvalue weighted by Gasteiger charge is 2.16. The van der Waals surface area contributed by atoms with Crippen molar-refractivity contribution in [1.82, 2.24) is 0 Å². The zero-order valence-corrected chi connectivity index (χ0v) is 33.4. The van der Waals surface area contributed by atoms with E-state index in [1.807, 2.05) is 0 Å². The Labute approximate surface area is 311 Å². The Balaban J connectivity index is 3.50. The van der Waals surface area contributed by atoms with E-state index in [2.05, 4.69) is 38.2 Å². The number of rotatable bonds is 40. The second-order valence-corrected chi connectivity index (χ2v) is 14.8. The van der Waals surface area contributed by atoms with Gasteiger partial charge in [-0.2, -0.15) is 0 Å². The Morgan fingerprint density at radius 1 is 0.460 bits per heavy atom. The van der Waals surface area contributed by atoms with Crippen LogP contribution in [0.25, 0.3) is 0 Å².